The lowest BCUT2D eigenvalue weighted by molar-refractivity contribution is -0.133. The SMILES string of the molecule is CC(C)(C(=O)NS(=O)(=O)N1CC(F)C1)c1ccc(O[C@@H]2CC[C@@H](NC(=O)[C@]3(F)CNC4(CCC4)C3)C2)c(-c2cccc(F)c2C2CCC2)c1. The molecule has 7 rings (SSSR count). The predicted octanol–water partition coefficient (Wildman–Crippen LogP) is 5.09. The number of carbonyl (C=O) groups excluding carboxylic acids is 2. The molecule has 2 aliphatic heterocycles. The van der Waals surface area contributed by atoms with E-state index in [2.05, 4.69) is 15.4 Å². The Hall–Kier alpha value is -3.16. The Bertz CT molecular complexity index is 1740. The summed E-state index contributed by atoms with van der Waals surface area (Å²) in [4.78, 5) is 26.5. The molecule has 1 spiro atoms. The van der Waals surface area contributed by atoms with Crippen molar-refractivity contribution in [2.24, 2.45) is 0 Å². The first-order valence-corrected chi connectivity index (χ1v) is 18.9. The quantitative estimate of drug-likeness (QED) is 0.318. The van der Waals surface area contributed by atoms with Crippen molar-refractivity contribution in [1.29, 1.82) is 0 Å². The molecule has 5 aliphatic rings. The number of nitrogens with one attached hydrogen (secondary N) is 3. The Labute approximate surface area is 285 Å². The second-order valence-electron chi connectivity index (χ2n) is 15.4. The molecule has 49 heavy (non-hydrogen) atoms. The van der Waals surface area contributed by atoms with Crippen molar-refractivity contribution in [3.05, 3.63) is 53.3 Å². The second kappa shape index (κ2) is 12.6. The lowest BCUT2D eigenvalue weighted by atomic mass is 9.74. The van der Waals surface area contributed by atoms with Crippen LogP contribution in [0.25, 0.3) is 11.1 Å². The highest BCUT2D eigenvalue weighted by Crippen LogP contribution is 2.47. The first-order chi connectivity index (χ1) is 23.2. The number of benzene rings is 2. The van der Waals surface area contributed by atoms with Crippen LogP contribution in [0.2, 0.25) is 0 Å². The van der Waals surface area contributed by atoms with E-state index in [4.69, 9.17) is 4.74 Å². The summed E-state index contributed by atoms with van der Waals surface area (Å²) in [5.41, 5.74) is -1.24. The molecule has 9 nitrogen and oxygen atoms in total. The Morgan fingerprint density at radius 3 is 2.43 bits per heavy atom. The van der Waals surface area contributed by atoms with Gasteiger partial charge in [-0.2, -0.15) is 12.7 Å². The summed E-state index contributed by atoms with van der Waals surface area (Å²) in [7, 11) is -4.22. The van der Waals surface area contributed by atoms with E-state index in [0.717, 1.165) is 42.8 Å². The third-order valence-electron chi connectivity index (χ3n) is 11.6. The maximum absolute atomic E-state index is 15.7. The van der Waals surface area contributed by atoms with Crippen molar-refractivity contribution in [3.8, 4) is 16.9 Å². The molecule has 13 heteroatoms. The van der Waals surface area contributed by atoms with Crippen LogP contribution in [0.4, 0.5) is 13.2 Å². The molecule has 0 bridgehead atoms. The number of ether oxygens (including phenoxy) is 1. The summed E-state index contributed by atoms with van der Waals surface area (Å²) in [6.07, 6.45) is 5.86. The molecular weight excluding hydrogens is 657 g/mol. The highest BCUT2D eigenvalue weighted by atomic mass is 32.2. The maximum atomic E-state index is 15.7. The Kier molecular flexibility index (Phi) is 8.79. The van der Waals surface area contributed by atoms with E-state index >= 15 is 8.78 Å². The van der Waals surface area contributed by atoms with Crippen molar-refractivity contribution in [2.75, 3.05) is 19.6 Å². The first kappa shape index (κ1) is 34.3. The molecule has 2 aromatic carbocycles. The smallest absolute Gasteiger partial charge is 0.304 e. The van der Waals surface area contributed by atoms with E-state index in [0.29, 0.717) is 47.3 Å². The van der Waals surface area contributed by atoms with Crippen LogP contribution in [0.3, 0.4) is 0 Å². The maximum Gasteiger partial charge on any atom is 0.304 e. The van der Waals surface area contributed by atoms with Crippen molar-refractivity contribution >= 4 is 22.0 Å². The van der Waals surface area contributed by atoms with E-state index in [1.54, 1.807) is 38.1 Å². The first-order valence-electron chi connectivity index (χ1n) is 17.5. The van der Waals surface area contributed by atoms with E-state index in [1.807, 2.05) is 6.07 Å². The molecule has 2 heterocycles. The standard InChI is InChI=1S/C36H45F3N4O5S/c1-34(2,32(44)42-49(46,47)43-18-24(37)19-43)23-10-13-30(28(16-23)27-8-4-9-29(38)31(27)22-6-3-7-22)48-26-12-11-25(17-26)41-33(45)36(39)20-35(40-21-36)14-5-15-35/h4,8-10,13,16,22,24-26,40H,3,5-7,11-12,14-15,17-21H2,1-2H3,(H,41,45)(H,42,44)/t25-,26-,36-/m1/s1. The van der Waals surface area contributed by atoms with Gasteiger partial charge in [-0.1, -0.05) is 24.6 Å². The zero-order valence-corrected chi connectivity index (χ0v) is 28.8. The molecule has 3 aliphatic carbocycles. The van der Waals surface area contributed by atoms with E-state index in [9.17, 15) is 22.4 Å². The fraction of sp³-hybridized carbons (Fsp3) is 0.611. The zero-order valence-electron chi connectivity index (χ0n) is 28.0. The van der Waals surface area contributed by atoms with E-state index in [-0.39, 0.29) is 55.5 Å². The summed E-state index contributed by atoms with van der Waals surface area (Å²) in [5, 5.41) is 6.17. The van der Waals surface area contributed by atoms with Crippen molar-refractivity contribution in [1.82, 2.24) is 19.7 Å². The molecule has 2 saturated heterocycles. The normalized spacial score (nSPS) is 27.3. The largest absolute Gasteiger partial charge is 0.490 e. The van der Waals surface area contributed by atoms with Gasteiger partial charge in [0.25, 0.3) is 5.91 Å². The number of hydrogen-bond acceptors (Lipinski definition) is 6. The fourth-order valence-electron chi connectivity index (χ4n) is 7.92. The van der Waals surface area contributed by atoms with Crippen molar-refractivity contribution < 1.29 is 35.9 Å². The number of amides is 2. The van der Waals surface area contributed by atoms with Gasteiger partial charge in [-0.3, -0.25) is 9.59 Å². The third kappa shape index (κ3) is 6.46. The van der Waals surface area contributed by atoms with Gasteiger partial charge < -0.3 is 15.4 Å². The van der Waals surface area contributed by atoms with Gasteiger partial charge in [-0.05, 0) is 99.6 Å². The van der Waals surface area contributed by atoms with Crippen LogP contribution in [-0.2, 0) is 25.2 Å². The number of carbonyl (C=O) groups is 2. The molecule has 0 radical (unpaired) electrons. The van der Waals surface area contributed by atoms with Gasteiger partial charge >= 0.3 is 10.2 Å². The average Bonchev–Trinajstić information content (AvgIpc) is 3.60. The van der Waals surface area contributed by atoms with Crippen LogP contribution in [0, 0.1) is 5.82 Å². The van der Waals surface area contributed by atoms with Crippen molar-refractivity contribution in [3.63, 3.8) is 0 Å². The molecule has 266 valence electrons. The molecule has 3 N–H and O–H groups in total. The minimum atomic E-state index is -4.22. The Morgan fingerprint density at radius 2 is 1.80 bits per heavy atom. The van der Waals surface area contributed by atoms with Gasteiger partial charge in [-0.15, -0.1) is 0 Å². The lowest BCUT2D eigenvalue weighted by Crippen LogP contribution is -2.57. The number of halogens is 3. The number of alkyl halides is 2. The molecule has 3 saturated carbocycles. The second-order valence-corrected chi connectivity index (χ2v) is 17.0. The Morgan fingerprint density at radius 1 is 1.04 bits per heavy atom. The summed E-state index contributed by atoms with van der Waals surface area (Å²) >= 11 is 0. The van der Waals surface area contributed by atoms with Crippen LogP contribution in [-0.4, -0.2) is 73.7 Å². The molecule has 2 amide bonds. The monoisotopic (exact) mass is 702 g/mol. The van der Waals surface area contributed by atoms with Crippen molar-refractivity contribution in [2.45, 2.75) is 119 Å². The van der Waals surface area contributed by atoms with Gasteiger partial charge in [0, 0.05) is 49.6 Å². The number of nitrogens with zero attached hydrogens (tertiary/aromatic N) is 1. The van der Waals surface area contributed by atoms with Gasteiger partial charge in [-0.25, -0.2) is 17.9 Å². The van der Waals surface area contributed by atoms with Crippen LogP contribution in [0.15, 0.2) is 36.4 Å². The van der Waals surface area contributed by atoms with Gasteiger partial charge in [0.1, 0.15) is 23.8 Å². The van der Waals surface area contributed by atoms with Gasteiger partial charge in [0.2, 0.25) is 11.6 Å². The average molecular weight is 703 g/mol. The summed E-state index contributed by atoms with van der Waals surface area (Å²) in [5.74, 6) is -1.18. The van der Waals surface area contributed by atoms with Crippen LogP contribution in [0.1, 0.15) is 95.1 Å². The van der Waals surface area contributed by atoms with Gasteiger partial charge in [0.15, 0.2) is 0 Å². The van der Waals surface area contributed by atoms with E-state index < -0.39 is 39.3 Å². The third-order valence-corrected chi connectivity index (χ3v) is 13.0. The lowest BCUT2D eigenvalue weighted by Gasteiger charge is -2.38. The van der Waals surface area contributed by atoms with Crippen LogP contribution < -0.4 is 20.1 Å². The minimum Gasteiger partial charge on any atom is -0.490 e. The van der Waals surface area contributed by atoms with Crippen LogP contribution in [0.5, 0.6) is 5.75 Å². The molecule has 3 atom stereocenters. The Balaban J connectivity index is 1.12. The minimum absolute atomic E-state index is 0.0226. The summed E-state index contributed by atoms with van der Waals surface area (Å²) in [6.45, 7) is 2.61. The molecule has 0 aromatic heterocycles. The molecule has 2 aromatic rings. The zero-order chi connectivity index (χ0) is 34.8. The number of rotatable bonds is 10. The highest BCUT2D eigenvalue weighted by Gasteiger charge is 2.55. The topological polar surface area (TPSA) is 117 Å². The molecule has 0 unspecified atom stereocenters. The van der Waals surface area contributed by atoms with E-state index in [1.165, 1.54) is 6.07 Å². The van der Waals surface area contributed by atoms with Gasteiger partial charge in [0.05, 0.1) is 5.41 Å². The summed E-state index contributed by atoms with van der Waals surface area (Å²) in [6, 6.07) is 9.82. The highest BCUT2D eigenvalue weighted by molar-refractivity contribution is 7.87. The fourth-order valence-corrected chi connectivity index (χ4v) is 9.25. The predicted molar refractivity (Wildman–Crippen MR) is 178 cm³/mol. The molecular formula is C36H45F3N4O5S. The summed E-state index contributed by atoms with van der Waals surface area (Å²) < 4.78 is 79.5. The number of hydrogen-bond donors (Lipinski definition) is 3. The molecule has 5 fully saturated rings. The van der Waals surface area contributed by atoms with Crippen LogP contribution >= 0.6 is 0 Å².